The van der Waals surface area contributed by atoms with Crippen molar-refractivity contribution in [1.29, 1.82) is 0 Å². The molecule has 1 rings (SSSR count). The van der Waals surface area contributed by atoms with Crippen LogP contribution in [-0.4, -0.2) is 17.1 Å². The molecular formula is C12H11ClFNO2. The van der Waals surface area contributed by atoms with Crippen LogP contribution in [0.2, 0.25) is 5.02 Å². The van der Waals surface area contributed by atoms with Gasteiger partial charge in [0.15, 0.2) is 5.78 Å². The van der Waals surface area contributed by atoms with Gasteiger partial charge in [-0.1, -0.05) is 17.7 Å². The Labute approximate surface area is 103 Å². The molecule has 0 atom stereocenters. The zero-order chi connectivity index (χ0) is 13.0. The van der Waals surface area contributed by atoms with Crippen molar-refractivity contribution in [2.45, 2.75) is 13.8 Å². The molecule has 1 aromatic rings. The standard InChI is InChI=1S/C12H11ClFNO2/c1-7(16)9(8(2)17)6-15-12-10(13)4-3-5-11(12)14/h3-6,16H,1-2H3. The number of aliphatic hydroxyl groups excluding tert-OH is 1. The fraction of sp³-hybridized carbons (Fsp3) is 0.167. The Morgan fingerprint density at radius 3 is 2.59 bits per heavy atom. The van der Waals surface area contributed by atoms with Gasteiger partial charge in [-0.05, 0) is 26.0 Å². The first-order valence-electron chi connectivity index (χ1n) is 4.82. The van der Waals surface area contributed by atoms with Crippen molar-refractivity contribution in [3.8, 4) is 0 Å². The average molecular weight is 256 g/mol. The molecule has 0 radical (unpaired) electrons. The van der Waals surface area contributed by atoms with Gasteiger partial charge in [0.1, 0.15) is 17.3 Å². The molecule has 17 heavy (non-hydrogen) atoms. The second-order valence-electron chi connectivity index (χ2n) is 3.38. The molecule has 5 heteroatoms. The number of allylic oxidation sites excluding steroid dienone is 2. The predicted octanol–water partition coefficient (Wildman–Crippen LogP) is 3.60. The van der Waals surface area contributed by atoms with Gasteiger partial charge in [-0.15, -0.1) is 0 Å². The molecule has 3 nitrogen and oxygen atoms in total. The van der Waals surface area contributed by atoms with E-state index in [1.165, 1.54) is 32.0 Å². The summed E-state index contributed by atoms with van der Waals surface area (Å²) in [6, 6.07) is 4.15. The Morgan fingerprint density at radius 2 is 2.12 bits per heavy atom. The summed E-state index contributed by atoms with van der Waals surface area (Å²) in [6.45, 7) is 2.63. The van der Waals surface area contributed by atoms with E-state index in [-0.39, 0.29) is 27.8 Å². The quantitative estimate of drug-likeness (QED) is 0.510. The number of carbonyl (C=O) groups excluding carboxylic acids is 1. The molecule has 0 amide bonds. The zero-order valence-corrected chi connectivity index (χ0v) is 10.1. The highest BCUT2D eigenvalue weighted by Gasteiger charge is 2.08. The van der Waals surface area contributed by atoms with Crippen molar-refractivity contribution in [2.24, 2.45) is 4.99 Å². The lowest BCUT2D eigenvalue weighted by Gasteiger charge is -2.01. The van der Waals surface area contributed by atoms with Crippen molar-refractivity contribution in [1.82, 2.24) is 0 Å². The Bertz CT molecular complexity index is 485. The van der Waals surface area contributed by atoms with Crippen molar-refractivity contribution in [3.05, 3.63) is 40.4 Å². The average Bonchev–Trinajstić information content (AvgIpc) is 2.21. The summed E-state index contributed by atoms with van der Waals surface area (Å²) < 4.78 is 13.3. The van der Waals surface area contributed by atoms with E-state index < -0.39 is 5.82 Å². The van der Waals surface area contributed by atoms with Crippen LogP contribution >= 0.6 is 11.6 Å². The molecule has 0 aliphatic carbocycles. The number of aliphatic hydroxyl groups is 1. The normalized spacial score (nSPS) is 12.7. The van der Waals surface area contributed by atoms with Gasteiger partial charge in [-0.2, -0.15) is 0 Å². The molecular weight excluding hydrogens is 245 g/mol. The van der Waals surface area contributed by atoms with Crippen LogP contribution in [0, 0.1) is 5.82 Å². The summed E-state index contributed by atoms with van der Waals surface area (Å²) in [5.41, 5.74) is -0.0431. The maximum Gasteiger partial charge on any atom is 0.164 e. The Balaban J connectivity index is 3.14. The van der Waals surface area contributed by atoms with Crippen LogP contribution in [-0.2, 0) is 4.79 Å². The van der Waals surface area contributed by atoms with E-state index in [2.05, 4.69) is 4.99 Å². The zero-order valence-electron chi connectivity index (χ0n) is 9.37. The van der Waals surface area contributed by atoms with Gasteiger partial charge in [0.05, 0.1) is 10.6 Å². The van der Waals surface area contributed by atoms with Crippen LogP contribution in [0.1, 0.15) is 13.8 Å². The number of aliphatic imine (C=N–C) groups is 1. The van der Waals surface area contributed by atoms with Crippen molar-refractivity contribution < 1.29 is 14.3 Å². The van der Waals surface area contributed by atoms with Crippen LogP contribution < -0.4 is 0 Å². The number of benzene rings is 1. The smallest absolute Gasteiger partial charge is 0.164 e. The molecule has 0 spiro atoms. The first-order valence-corrected chi connectivity index (χ1v) is 5.20. The van der Waals surface area contributed by atoms with Crippen molar-refractivity contribution >= 4 is 29.3 Å². The summed E-state index contributed by atoms with van der Waals surface area (Å²) in [7, 11) is 0. The molecule has 0 fully saturated rings. The fourth-order valence-electron chi connectivity index (χ4n) is 1.18. The van der Waals surface area contributed by atoms with Crippen LogP contribution in [0.4, 0.5) is 10.1 Å². The summed E-state index contributed by atoms with van der Waals surface area (Å²) in [6.07, 6.45) is 1.10. The molecule has 0 saturated carbocycles. The lowest BCUT2D eigenvalue weighted by molar-refractivity contribution is -0.113. The van der Waals surface area contributed by atoms with E-state index in [0.29, 0.717) is 0 Å². The number of nitrogens with zero attached hydrogens (tertiary/aromatic N) is 1. The molecule has 0 saturated heterocycles. The molecule has 0 aromatic heterocycles. The van der Waals surface area contributed by atoms with E-state index >= 15 is 0 Å². The second-order valence-corrected chi connectivity index (χ2v) is 3.79. The topological polar surface area (TPSA) is 49.7 Å². The second kappa shape index (κ2) is 5.59. The summed E-state index contributed by atoms with van der Waals surface area (Å²) in [5, 5.41) is 9.38. The molecule has 0 heterocycles. The number of para-hydroxylation sites is 1. The molecule has 0 bridgehead atoms. The minimum absolute atomic E-state index is 0.0179. The van der Waals surface area contributed by atoms with Gasteiger partial charge in [0, 0.05) is 6.21 Å². The predicted molar refractivity (Wildman–Crippen MR) is 65.6 cm³/mol. The lowest BCUT2D eigenvalue weighted by atomic mass is 10.2. The van der Waals surface area contributed by atoms with Gasteiger partial charge >= 0.3 is 0 Å². The van der Waals surface area contributed by atoms with Gasteiger partial charge in [0.2, 0.25) is 0 Å². The third-order valence-corrected chi connectivity index (χ3v) is 2.33. The Hall–Kier alpha value is -1.68. The number of carbonyl (C=O) groups is 1. The van der Waals surface area contributed by atoms with Crippen molar-refractivity contribution in [2.75, 3.05) is 0 Å². The third kappa shape index (κ3) is 3.39. The maximum absolute atomic E-state index is 13.3. The van der Waals surface area contributed by atoms with Crippen LogP contribution in [0.15, 0.2) is 34.5 Å². The van der Waals surface area contributed by atoms with Crippen LogP contribution in [0.25, 0.3) is 0 Å². The first-order chi connectivity index (χ1) is 7.93. The van der Waals surface area contributed by atoms with Crippen molar-refractivity contribution in [3.63, 3.8) is 0 Å². The van der Waals surface area contributed by atoms with E-state index in [1.807, 2.05) is 0 Å². The summed E-state index contributed by atoms with van der Waals surface area (Å²) in [4.78, 5) is 14.9. The molecule has 1 N–H and O–H groups in total. The van der Waals surface area contributed by atoms with Gasteiger partial charge < -0.3 is 5.11 Å². The minimum Gasteiger partial charge on any atom is -0.512 e. The molecule has 90 valence electrons. The number of hydrogen-bond acceptors (Lipinski definition) is 3. The van der Waals surface area contributed by atoms with E-state index in [0.717, 1.165) is 6.21 Å². The molecule has 0 aliphatic rings. The van der Waals surface area contributed by atoms with E-state index in [1.54, 1.807) is 0 Å². The van der Waals surface area contributed by atoms with E-state index in [4.69, 9.17) is 11.6 Å². The SMILES string of the molecule is CC(=O)C(C=Nc1c(F)cccc1Cl)=C(C)O. The summed E-state index contributed by atoms with van der Waals surface area (Å²) >= 11 is 5.75. The van der Waals surface area contributed by atoms with Gasteiger partial charge in [-0.3, -0.25) is 9.79 Å². The lowest BCUT2D eigenvalue weighted by Crippen LogP contribution is -2.01. The Morgan fingerprint density at radius 1 is 1.47 bits per heavy atom. The number of halogens is 2. The van der Waals surface area contributed by atoms with Gasteiger partial charge in [-0.25, -0.2) is 4.39 Å². The highest BCUT2D eigenvalue weighted by atomic mass is 35.5. The van der Waals surface area contributed by atoms with Gasteiger partial charge in [0.25, 0.3) is 0 Å². The van der Waals surface area contributed by atoms with E-state index in [9.17, 15) is 14.3 Å². The highest BCUT2D eigenvalue weighted by Crippen LogP contribution is 2.27. The highest BCUT2D eigenvalue weighted by molar-refractivity contribution is 6.33. The third-order valence-electron chi connectivity index (χ3n) is 2.03. The van der Waals surface area contributed by atoms with Crippen LogP contribution in [0.3, 0.4) is 0 Å². The number of Topliss-reactive ketones (excluding diaryl/α,β-unsaturated/α-hetero) is 1. The molecule has 0 aliphatic heterocycles. The number of ketones is 1. The molecule has 0 unspecified atom stereocenters. The fourth-order valence-corrected chi connectivity index (χ4v) is 1.39. The van der Waals surface area contributed by atoms with Crippen LogP contribution in [0.5, 0.6) is 0 Å². The maximum atomic E-state index is 13.3. The monoisotopic (exact) mass is 255 g/mol. The summed E-state index contributed by atoms with van der Waals surface area (Å²) in [5.74, 6) is -1.12. The number of hydrogen-bond donors (Lipinski definition) is 1. The number of rotatable bonds is 3. The largest absolute Gasteiger partial charge is 0.512 e. The minimum atomic E-state index is -0.591. The first kappa shape index (κ1) is 13.4. The Kier molecular flexibility index (Phi) is 4.40. The molecule has 1 aromatic carbocycles.